The van der Waals surface area contributed by atoms with Crippen molar-refractivity contribution in [2.75, 3.05) is 45.5 Å². The summed E-state index contributed by atoms with van der Waals surface area (Å²) in [6.07, 6.45) is 0. The van der Waals surface area contributed by atoms with Crippen molar-refractivity contribution in [2.45, 2.75) is 4.90 Å². The molecule has 1 heterocycles. The van der Waals surface area contributed by atoms with Crippen LogP contribution in [0.2, 0.25) is 5.02 Å². The number of nitrogens with zero attached hydrogens (tertiary/aromatic N) is 2. The van der Waals surface area contributed by atoms with Gasteiger partial charge in [0, 0.05) is 43.1 Å². The first-order valence-electron chi connectivity index (χ1n) is 7.17. The average molecular weight is 342 g/mol. The van der Waals surface area contributed by atoms with Gasteiger partial charge in [-0.15, -0.1) is 11.8 Å². The maximum atomic E-state index is 12.2. The van der Waals surface area contributed by atoms with E-state index in [2.05, 4.69) is 10.2 Å². The Morgan fingerprint density at radius 1 is 1.18 bits per heavy atom. The molecular formula is C15H20ClN3O2S. The summed E-state index contributed by atoms with van der Waals surface area (Å²) in [5.74, 6) is 0.578. The highest BCUT2D eigenvalue weighted by Gasteiger charge is 2.22. The molecule has 0 saturated carbocycles. The Balaban J connectivity index is 1.73. The second-order valence-corrected chi connectivity index (χ2v) is 6.56. The SMILES string of the molecule is CNC(=O)CN1CCN(C(=O)CSc2ccc(Cl)cc2)CC1. The summed E-state index contributed by atoms with van der Waals surface area (Å²) in [6, 6.07) is 7.49. The molecule has 22 heavy (non-hydrogen) atoms. The third kappa shape index (κ3) is 5.19. The van der Waals surface area contributed by atoms with Crippen molar-refractivity contribution in [1.29, 1.82) is 0 Å². The topological polar surface area (TPSA) is 52.7 Å². The van der Waals surface area contributed by atoms with Gasteiger partial charge >= 0.3 is 0 Å². The van der Waals surface area contributed by atoms with Crippen LogP contribution in [0.15, 0.2) is 29.2 Å². The normalized spacial score (nSPS) is 15.6. The van der Waals surface area contributed by atoms with E-state index in [1.165, 1.54) is 11.8 Å². The van der Waals surface area contributed by atoms with Crippen LogP contribution in [0.3, 0.4) is 0 Å². The number of carbonyl (C=O) groups is 2. The summed E-state index contributed by atoms with van der Waals surface area (Å²) in [6.45, 7) is 3.24. The standard InChI is InChI=1S/C15H20ClN3O2S/c1-17-14(20)10-18-6-8-19(9-7-18)15(21)11-22-13-4-2-12(16)3-5-13/h2-5H,6-11H2,1H3,(H,17,20). The minimum Gasteiger partial charge on any atom is -0.358 e. The van der Waals surface area contributed by atoms with Crippen LogP contribution in [-0.4, -0.2) is 67.1 Å². The predicted octanol–water partition coefficient (Wildman–Crippen LogP) is 1.32. The van der Waals surface area contributed by atoms with E-state index in [4.69, 9.17) is 11.6 Å². The van der Waals surface area contributed by atoms with E-state index in [1.54, 1.807) is 7.05 Å². The van der Waals surface area contributed by atoms with Crippen LogP contribution in [0.4, 0.5) is 0 Å². The predicted molar refractivity (Wildman–Crippen MR) is 89.3 cm³/mol. The van der Waals surface area contributed by atoms with Crippen molar-refractivity contribution in [2.24, 2.45) is 0 Å². The molecule has 0 aromatic heterocycles. The Labute approximate surface area is 140 Å². The lowest BCUT2D eigenvalue weighted by Crippen LogP contribution is -2.51. The molecule has 7 heteroatoms. The Hall–Kier alpha value is -1.24. The van der Waals surface area contributed by atoms with Crippen LogP contribution in [0.25, 0.3) is 0 Å². The maximum absolute atomic E-state index is 12.2. The summed E-state index contributed by atoms with van der Waals surface area (Å²) < 4.78 is 0. The molecule has 1 saturated heterocycles. The van der Waals surface area contributed by atoms with Crippen molar-refractivity contribution in [1.82, 2.24) is 15.1 Å². The second kappa shape index (κ2) is 8.41. The van der Waals surface area contributed by atoms with Crippen molar-refractivity contribution in [3.05, 3.63) is 29.3 Å². The number of hydrogen-bond donors (Lipinski definition) is 1. The number of piperazine rings is 1. The van der Waals surface area contributed by atoms with Gasteiger partial charge in [0.25, 0.3) is 0 Å². The van der Waals surface area contributed by atoms with Crippen LogP contribution in [0.5, 0.6) is 0 Å². The fourth-order valence-corrected chi connectivity index (χ4v) is 3.13. The van der Waals surface area contributed by atoms with Gasteiger partial charge in [-0.05, 0) is 24.3 Å². The molecule has 0 radical (unpaired) electrons. The second-order valence-electron chi connectivity index (χ2n) is 5.07. The molecule has 120 valence electrons. The van der Waals surface area contributed by atoms with Crippen molar-refractivity contribution < 1.29 is 9.59 Å². The summed E-state index contributed by atoms with van der Waals surface area (Å²) in [5, 5.41) is 3.31. The molecular weight excluding hydrogens is 322 g/mol. The first-order valence-corrected chi connectivity index (χ1v) is 8.54. The van der Waals surface area contributed by atoms with Crippen LogP contribution in [0, 0.1) is 0 Å². The van der Waals surface area contributed by atoms with Crippen molar-refractivity contribution >= 4 is 35.2 Å². The van der Waals surface area contributed by atoms with Crippen LogP contribution >= 0.6 is 23.4 Å². The third-order valence-corrected chi connectivity index (χ3v) is 4.80. The number of amides is 2. The molecule has 0 aliphatic carbocycles. The summed E-state index contributed by atoms with van der Waals surface area (Å²) >= 11 is 7.36. The fourth-order valence-electron chi connectivity index (χ4n) is 2.20. The highest BCUT2D eigenvalue weighted by Crippen LogP contribution is 2.20. The lowest BCUT2D eigenvalue weighted by atomic mass is 10.3. The molecule has 1 aliphatic heterocycles. The number of likely N-dealkylation sites (N-methyl/N-ethyl adjacent to an activating group) is 1. The maximum Gasteiger partial charge on any atom is 0.233 e. The van der Waals surface area contributed by atoms with Gasteiger partial charge in [0.15, 0.2) is 0 Å². The van der Waals surface area contributed by atoms with Gasteiger partial charge in [-0.3, -0.25) is 14.5 Å². The molecule has 0 unspecified atom stereocenters. The van der Waals surface area contributed by atoms with Crippen LogP contribution in [0.1, 0.15) is 0 Å². The number of halogens is 1. The molecule has 1 N–H and O–H groups in total. The number of carbonyl (C=O) groups excluding carboxylic acids is 2. The average Bonchev–Trinajstić information content (AvgIpc) is 2.54. The van der Waals surface area contributed by atoms with Crippen molar-refractivity contribution in [3.63, 3.8) is 0 Å². The zero-order chi connectivity index (χ0) is 15.9. The van der Waals surface area contributed by atoms with Crippen LogP contribution < -0.4 is 5.32 Å². The highest BCUT2D eigenvalue weighted by molar-refractivity contribution is 8.00. The molecule has 5 nitrogen and oxygen atoms in total. The number of thioether (sulfide) groups is 1. The smallest absolute Gasteiger partial charge is 0.233 e. The van der Waals surface area contributed by atoms with Gasteiger partial charge in [0.05, 0.1) is 12.3 Å². The number of rotatable bonds is 5. The quantitative estimate of drug-likeness (QED) is 0.821. The minimum absolute atomic E-state index is 0.0121. The van der Waals surface area contributed by atoms with Crippen LogP contribution in [-0.2, 0) is 9.59 Å². The van der Waals surface area contributed by atoms with Gasteiger partial charge in [-0.2, -0.15) is 0 Å². The van der Waals surface area contributed by atoms with E-state index >= 15 is 0 Å². The van der Waals surface area contributed by atoms with Gasteiger partial charge in [0.2, 0.25) is 11.8 Å². The molecule has 1 aromatic carbocycles. The molecule has 1 aromatic rings. The molecule has 0 spiro atoms. The molecule has 2 amide bonds. The molecule has 1 fully saturated rings. The zero-order valence-corrected chi connectivity index (χ0v) is 14.1. The Bertz CT molecular complexity index is 516. The monoisotopic (exact) mass is 341 g/mol. The first-order chi connectivity index (χ1) is 10.6. The number of nitrogens with one attached hydrogen (secondary N) is 1. The third-order valence-electron chi connectivity index (χ3n) is 3.55. The summed E-state index contributed by atoms with van der Waals surface area (Å²) in [7, 11) is 1.64. The van der Waals surface area contributed by atoms with E-state index in [1.807, 2.05) is 29.2 Å². The molecule has 1 aliphatic rings. The van der Waals surface area contributed by atoms with Gasteiger partial charge in [0.1, 0.15) is 0 Å². The largest absolute Gasteiger partial charge is 0.358 e. The lowest BCUT2D eigenvalue weighted by Gasteiger charge is -2.34. The van der Waals surface area contributed by atoms with Gasteiger partial charge < -0.3 is 10.2 Å². The number of benzene rings is 1. The Kier molecular flexibility index (Phi) is 6.54. The van der Waals surface area contributed by atoms with Gasteiger partial charge in [-0.1, -0.05) is 11.6 Å². The summed E-state index contributed by atoms with van der Waals surface area (Å²) in [5.41, 5.74) is 0. The lowest BCUT2D eigenvalue weighted by molar-refractivity contribution is -0.130. The van der Waals surface area contributed by atoms with E-state index in [-0.39, 0.29) is 11.8 Å². The van der Waals surface area contributed by atoms with E-state index in [9.17, 15) is 9.59 Å². The van der Waals surface area contributed by atoms with E-state index in [0.29, 0.717) is 30.4 Å². The molecule has 0 bridgehead atoms. The highest BCUT2D eigenvalue weighted by atomic mass is 35.5. The van der Waals surface area contributed by atoms with E-state index in [0.717, 1.165) is 18.0 Å². The summed E-state index contributed by atoms with van der Waals surface area (Å²) in [4.78, 5) is 28.5. The molecule has 0 atom stereocenters. The number of hydrogen-bond acceptors (Lipinski definition) is 4. The molecule has 2 rings (SSSR count). The zero-order valence-electron chi connectivity index (χ0n) is 12.5. The van der Waals surface area contributed by atoms with Crippen molar-refractivity contribution in [3.8, 4) is 0 Å². The fraction of sp³-hybridized carbons (Fsp3) is 0.467. The Morgan fingerprint density at radius 3 is 2.41 bits per heavy atom. The first kappa shape index (κ1) is 17.1. The van der Waals surface area contributed by atoms with Gasteiger partial charge in [-0.25, -0.2) is 0 Å². The van der Waals surface area contributed by atoms with E-state index < -0.39 is 0 Å². The minimum atomic E-state index is 0.0121. The Morgan fingerprint density at radius 2 is 1.82 bits per heavy atom.